The van der Waals surface area contributed by atoms with Gasteiger partial charge in [-0.2, -0.15) is 8.42 Å². The molecule has 1 rings (SSSR count). The lowest BCUT2D eigenvalue weighted by atomic mass is 10.00. The molecule has 0 aromatic heterocycles. The number of esters is 2. The molecule has 0 saturated carbocycles. The second-order valence-electron chi connectivity index (χ2n) is 17.5. The summed E-state index contributed by atoms with van der Waals surface area (Å²) < 4.78 is 54.2. The summed E-state index contributed by atoms with van der Waals surface area (Å²) in [4.78, 5) is 25.5. The van der Waals surface area contributed by atoms with Crippen LogP contribution in [0.3, 0.4) is 0 Å². The van der Waals surface area contributed by atoms with Crippen molar-refractivity contribution in [3.63, 3.8) is 0 Å². The Kier molecular flexibility index (Phi) is 37.0. The first-order valence-corrected chi connectivity index (χ1v) is 26.5. The molecule has 4 N–H and O–H groups in total. The first-order valence-electron chi connectivity index (χ1n) is 24.9. The Bertz CT molecular complexity index is 1240. The van der Waals surface area contributed by atoms with Gasteiger partial charge in [-0.3, -0.25) is 14.1 Å². The number of rotatable bonds is 42. The van der Waals surface area contributed by atoms with E-state index in [2.05, 4.69) is 38.2 Å². The maximum absolute atomic E-state index is 12.9. The summed E-state index contributed by atoms with van der Waals surface area (Å²) >= 11 is 0. The lowest BCUT2D eigenvalue weighted by molar-refractivity contribution is -0.297. The van der Waals surface area contributed by atoms with Crippen LogP contribution in [0.4, 0.5) is 0 Å². The fraction of sp³-hybridized carbons (Fsp3) is 0.878. The highest BCUT2D eigenvalue weighted by molar-refractivity contribution is 7.85. The van der Waals surface area contributed by atoms with Gasteiger partial charge in [-0.25, -0.2) is 0 Å². The largest absolute Gasteiger partial charge is 0.462 e. The SMILES string of the molecule is CCCCCC/C=C/CCCCCCCCCC(=O)OC[C@H](CO[C@H]1O[C@H](CS(=O)(=O)O)[C@@H](O)C(O)C1O)OC(=O)CCCCCCCCCCC/C=C/CCCCCCCC. The Morgan fingerprint density at radius 3 is 1.35 bits per heavy atom. The van der Waals surface area contributed by atoms with Gasteiger partial charge in [-0.05, 0) is 64.2 Å². The molecular weight excluding hydrogens is 813 g/mol. The Morgan fingerprint density at radius 2 is 0.919 bits per heavy atom. The highest BCUT2D eigenvalue weighted by Gasteiger charge is 2.46. The molecule has 62 heavy (non-hydrogen) atoms. The highest BCUT2D eigenvalue weighted by Crippen LogP contribution is 2.24. The third-order valence-corrected chi connectivity index (χ3v) is 12.3. The number of aliphatic hydroxyl groups is 3. The Labute approximate surface area is 377 Å². The van der Waals surface area contributed by atoms with Crippen molar-refractivity contribution in [1.29, 1.82) is 0 Å². The van der Waals surface area contributed by atoms with Crippen molar-refractivity contribution in [2.45, 2.75) is 256 Å². The number of ether oxygens (including phenoxy) is 4. The van der Waals surface area contributed by atoms with Crippen LogP contribution in [0, 0.1) is 0 Å². The Hall–Kier alpha value is -1.87. The van der Waals surface area contributed by atoms with Gasteiger partial charge in [0.15, 0.2) is 12.4 Å². The molecule has 2 unspecified atom stereocenters. The predicted molar refractivity (Wildman–Crippen MR) is 247 cm³/mol. The van der Waals surface area contributed by atoms with Crippen molar-refractivity contribution in [2.75, 3.05) is 19.0 Å². The molecule has 0 aromatic rings. The second kappa shape index (κ2) is 39.5. The van der Waals surface area contributed by atoms with E-state index in [-0.39, 0.29) is 19.4 Å². The molecule has 0 amide bonds. The minimum Gasteiger partial charge on any atom is -0.462 e. The van der Waals surface area contributed by atoms with E-state index in [9.17, 15) is 37.9 Å². The van der Waals surface area contributed by atoms with Crippen LogP contribution in [0.25, 0.3) is 0 Å². The minimum atomic E-state index is -4.60. The lowest BCUT2D eigenvalue weighted by Crippen LogP contribution is -2.60. The smallest absolute Gasteiger partial charge is 0.306 e. The van der Waals surface area contributed by atoms with E-state index in [0.29, 0.717) is 12.8 Å². The summed E-state index contributed by atoms with van der Waals surface area (Å²) in [7, 11) is -4.60. The molecule has 1 heterocycles. The van der Waals surface area contributed by atoms with Crippen molar-refractivity contribution < 1.29 is 56.8 Å². The number of carbonyl (C=O) groups excluding carboxylic acids is 2. The van der Waals surface area contributed by atoms with Crippen molar-refractivity contribution in [3.05, 3.63) is 24.3 Å². The zero-order valence-electron chi connectivity index (χ0n) is 39.0. The van der Waals surface area contributed by atoms with E-state index in [1.807, 2.05) is 0 Å². The summed E-state index contributed by atoms with van der Waals surface area (Å²) in [5.74, 6) is -1.98. The van der Waals surface area contributed by atoms with Gasteiger partial charge in [0.05, 0.1) is 6.61 Å². The molecule has 0 radical (unpaired) electrons. The van der Waals surface area contributed by atoms with Gasteiger partial charge < -0.3 is 34.3 Å². The third kappa shape index (κ3) is 33.6. The van der Waals surface area contributed by atoms with Gasteiger partial charge in [-0.15, -0.1) is 0 Å². The van der Waals surface area contributed by atoms with Crippen LogP contribution >= 0.6 is 0 Å². The Morgan fingerprint density at radius 1 is 0.532 bits per heavy atom. The summed E-state index contributed by atoms with van der Waals surface area (Å²) in [6, 6.07) is 0. The molecule has 1 saturated heterocycles. The zero-order valence-corrected chi connectivity index (χ0v) is 39.8. The molecule has 0 aromatic carbocycles. The first-order chi connectivity index (χ1) is 30.0. The predicted octanol–water partition coefficient (Wildman–Crippen LogP) is 10.8. The number of carbonyl (C=O) groups is 2. The summed E-state index contributed by atoms with van der Waals surface area (Å²) in [6.07, 6.45) is 35.0. The summed E-state index contributed by atoms with van der Waals surface area (Å²) in [5.41, 5.74) is 0. The molecule has 0 bridgehead atoms. The standard InChI is InChI=1S/C49H90O12S/c1-3-5-7-9-11-13-15-17-19-20-21-22-24-26-28-30-32-34-36-38-45(51)60-42(40-59-49-48(54)47(53)46(52)43(61-49)41-62(55,56)57)39-58-44(50)37-35-33-31-29-27-25-23-18-16-14-12-10-8-6-4-2/h14,16-17,19,42-43,46-49,52-54H,3-13,15,18,20-41H2,1-2H3,(H,55,56,57)/b16-14+,19-17+/t42-,43-,46-,47?,48?,49+/m1/s1. The van der Waals surface area contributed by atoms with Gasteiger partial charge >= 0.3 is 11.9 Å². The highest BCUT2D eigenvalue weighted by atomic mass is 32.2. The van der Waals surface area contributed by atoms with Gasteiger partial charge in [0.25, 0.3) is 10.1 Å². The number of hydrogen-bond acceptors (Lipinski definition) is 11. The number of allylic oxidation sites excluding steroid dienone is 4. The van der Waals surface area contributed by atoms with Crippen LogP contribution in [-0.2, 0) is 38.7 Å². The average Bonchev–Trinajstić information content (AvgIpc) is 3.24. The number of aliphatic hydroxyl groups excluding tert-OH is 3. The van der Waals surface area contributed by atoms with Gasteiger partial charge in [0, 0.05) is 12.8 Å². The van der Waals surface area contributed by atoms with Gasteiger partial charge in [0.2, 0.25) is 0 Å². The van der Waals surface area contributed by atoms with Crippen molar-refractivity contribution in [3.8, 4) is 0 Å². The molecule has 0 aliphatic carbocycles. The van der Waals surface area contributed by atoms with Crippen molar-refractivity contribution >= 4 is 22.1 Å². The third-order valence-electron chi connectivity index (χ3n) is 11.5. The summed E-state index contributed by atoms with van der Waals surface area (Å²) in [5, 5.41) is 30.9. The average molecular weight is 903 g/mol. The first kappa shape index (κ1) is 58.1. The van der Waals surface area contributed by atoms with Crippen LogP contribution in [0.5, 0.6) is 0 Å². The molecule has 0 spiro atoms. The van der Waals surface area contributed by atoms with Gasteiger partial charge in [-0.1, -0.05) is 167 Å². The van der Waals surface area contributed by atoms with Crippen LogP contribution in [0.15, 0.2) is 24.3 Å². The zero-order chi connectivity index (χ0) is 45.5. The Balaban J connectivity index is 2.39. The molecular formula is C49H90O12S. The fourth-order valence-electron chi connectivity index (χ4n) is 7.61. The second-order valence-corrected chi connectivity index (χ2v) is 19.0. The lowest BCUT2D eigenvalue weighted by Gasteiger charge is -2.40. The van der Waals surface area contributed by atoms with Crippen LogP contribution < -0.4 is 0 Å². The molecule has 1 aliphatic heterocycles. The van der Waals surface area contributed by atoms with Crippen LogP contribution in [-0.4, -0.2) is 96.0 Å². The van der Waals surface area contributed by atoms with Crippen LogP contribution in [0.2, 0.25) is 0 Å². The molecule has 12 nitrogen and oxygen atoms in total. The van der Waals surface area contributed by atoms with Gasteiger partial charge in [0.1, 0.15) is 36.8 Å². The van der Waals surface area contributed by atoms with Crippen molar-refractivity contribution in [2.24, 2.45) is 0 Å². The normalized spacial score (nSPS) is 20.0. The van der Waals surface area contributed by atoms with E-state index in [1.54, 1.807) is 0 Å². The van der Waals surface area contributed by atoms with E-state index in [0.717, 1.165) is 44.9 Å². The van der Waals surface area contributed by atoms with E-state index < -0.39 is 71.2 Å². The number of hydrogen-bond donors (Lipinski definition) is 4. The van der Waals surface area contributed by atoms with Crippen molar-refractivity contribution in [1.82, 2.24) is 0 Å². The molecule has 1 aliphatic rings. The van der Waals surface area contributed by atoms with E-state index in [1.165, 1.54) is 135 Å². The van der Waals surface area contributed by atoms with E-state index in [4.69, 9.17) is 18.9 Å². The topological polar surface area (TPSA) is 186 Å². The molecule has 6 atom stereocenters. The maximum atomic E-state index is 12.9. The molecule has 364 valence electrons. The maximum Gasteiger partial charge on any atom is 0.306 e. The fourth-order valence-corrected chi connectivity index (χ4v) is 8.30. The monoisotopic (exact) mass is 903 g/mol. The van der Waals surface area contributed by atoms with E-state index >= 15 is 0 Å². The summed E-state index contributed by atoms with van der Waals surface area (Å²) in [6.45, 7) is 3.76. The quantitative estimate of drug-likeness (QED) is 0.0197. The minimum absolute atomic E-state index is 0.163. The van der Waals surface area contributed by atoms with Crippen LogP contribution in [0.1, 0.15) is 219 Å². The molecule has 13 heteroatoms. The number of unbranched alkanes of at least 4 members (excludes halogenated alkanes) is 26. The molecule has 1 fully saturated rings.